The van der Waals surface area contributed by atoms with Gasteiger partial charge in [0.05, 0.1) is 0 Å². The Kier molecular flexibility index (Phi) is 2.97. The molecule has 8 nitrogen and oxygen atoms in total. The first kappa shape index (κ1) is 9.19. The second kappa shape index (κ2) is 4.21. The van der Waals surface area contributed by atoms with Crippen molar-refractivity contribution in [3.63, 3.8) is 0 Å². The fraction of sp³-hybridized carbons (Fsp3) is 0. The molecule has 0 aliphatic heterocycles. The average Bonchev–Trinajstić information content (AvgIpc) is 2.53. The summed E-state index contributed by atoms with van der Waals surface area (Å²) < 4.78 is 0. The highest BCUT2D eigenvalue weighted by Crippen LogP contribution is 2.06. The summed E-state index contributed by atoms with van der Waals surface area (Å²) in [5.41, 5.74) is 10.0. The predicted molar refractivity (Wildman–Crippen MR) is 44.8 cm³/mol. The van der Waals surface area contributed by atoms with Gasteiger partial charge in [-0.05, 0) is 0 Å². The molecule has 1 aromatic rings. The Hall–Kier alpha value is -1.90. The van der Waals surface area contributed by atoms with Gasteiger partial charge in [-0.3, -0.25) is 5.32 Å². The van der Waals surface area contributed by atoms with E-state index in [0.717, 1.165) is 11.3 Å². The number of hydrogen-bond donors (Lipinski definition) is 4. The monoisotopic (exact) mass is 202 g/mol. The number of hydrogen-bond acceptors (Lipinski definition) is 5. The third-order valence-electron chi connectivity index (χ3n) is 0.880. The molecule has 9 heteroatoms. The summed E-state index contributed by atoms with van der Waals surface area (Å²) in [7, 11) is 0. The average molecular weight is 202 g/mol. The maximum Gasteiger partial charge on any atom is 0.339 e. The van der Waals surface area contributed by atoms with Gasteiger partial charge in [0.2, 0.25) is 5.13 Å². The van der Waals surface area contributed by atoms with Crippen LogP contribution in [-0.4, -0.2) is 22.3 Å². The highest BCUT2D eigenvalue weighted by Gasteiger charge is 2.03. The first-order valence-corrected chi connectivity index (χ1v) is 3.95. The van der Waals surface area contributed by atoms with E-state index < -0.39 is 12.1 Å². The molecule has 0 saturated carbocycles. The maximum absolute atomic E-state index is 10.9. The Morgan fingerprint density at radius 1 is 1.46 bits per heavy atom. The summed E-state index contributed by atoms with van der Waals surface area (Å²) in [4.78, 5) is 21.0. The number of anilines is 1. The van der Waals surface area contributed by atoms with E-state index in [4.69, 9.17) is 5.73 Å². The zero-order valence-corrected chi connectivity index (χ0v) is 7.09. The van der Waals surface area contributed by atoms with Gasteiger partial charge in [0.15, 0.2) is 0 Å². The quantitative estimate of drug-likeness (QED) is 0.447. The minimum Gasteiger partial charge on any atom is -0.350 e. The molecule has 70 valence electrons. The second-order valence-corrected chi connectivity index (χ2v) is 2.65. The molecule has 0 fully saturated rings. The number of nitrogens with two attached hydrogens (primary N) is 1. The van der Waals surface area contributed by atoms with Crippen LogP contribution >= 0.6 is 11.3 Å². The van der Waals surface area contributed by atoms with E-state index in [-0.39, 0.29) is 0 Å². The molecule has 0 spiro atoms. The largest absolute Gasteiger partial charge is 0.350 e. The van der Waals surface area contributed by atoms with Crippen molar-refractivity contribution in [2.24, 2.45) is 5.73 Å². The Labute approximate surface area is 76.5 Å². The molecule has 0 radical (unpaired) electrons. The smallest absolute Gasteiger partial charge is 0.339 e. The van der Waals surface area contributed by atoms with Crippen molar-refractivity contribution in [3.05, 3.63) is 5.51 Å². The van der Waals surface area contributed by atoms with Gasteiger partial charge < -0.3 is 5.73 Å². The summed E-state index contributed by atoms with van der Waals surface area (Å²) in [5, 5.41) is 9.65. The van der Waals surface area contributed by atoms with Gasteiger partial charge in [-0.25, -0.2) is 20.4 Å². The van der Waals surface area contributed by atoms with E-state index in [1.165, 1.54) is 5.51 Å². The summed E-state index contributed by atoms with van der Waals surface area (Å²) in [6.45, 7) is 0. The Morgan fingerprint density at radius 3 is 2.77 bits per heavy atom. The third kappa shape index (κ3) is 3.33. The van der Waals surface area contributed by atoms with E-state index in [2.05, 4.69) is 15.5 Å². The Morgan fingerprint density at radius 2 is 2.23 bits per heavy atom. The molecular weight excluding hydrogens is 196 g/mol. The van der Waals surface area contributed by atoms with Gasteiger partial charge in [0, 0.05) is 0 Å². The van der Waals surface area contributed by atoms with E-state index in [9.17, 15) is 9.59 Å². The molecule has 0 aliphatic rings. The van der Waals surface area contributed by atoms with Crippen LogP contribution in [0.2, 0.25) is 0 Å². The fourth-order valence-electron chi connectivity index (χ4n) is 0.474. The molecule has 1 rings (SSSR count). The second-order valence-electron chi connectivity index (χ2n) is 1.81. The van der Waals surface area contributed by atoms with Crippen LogP contribution in [0.1, 0.15) is 0 Å². The van der Waals surface area contributed by atoms with Gasteiger partial charge >= 0.3 is 12.1 Å². The lowest BCUT2D eigenvalue weighted by Crippen LogP contribution is -2.46. The molecule has 0 bridgehead atoms. The van der Waals surface area contributed by atoms with E-state index in [1.54, 1.807) is 0 Å². The van der Waals surface area contributed by atoms with Crippen LogP contribution in [0, 0.1) is 0 Å². The molecule has 5 N–H and O–H groups in total. The molecule has 1 heterocycles. The summed E-state index contributed by atoms with van der Waals surface area (Å²) >= 11 is 1.15. The van der Waals surface area contributed by atoms with Gasteiger partial charge in [-0.2, -0.15) is 0 Å². The molecule has 0 saturated heterocycles. The van der Waals surface area contributed by atoms with Crippen molar-refractivity contribution in [1.82, 2.24) is 21.0 Å². The predicted octanol–water partition coefficient (Wildman–Crippen LogP) is -0.757. The standard InChI is InChI=1S/C4H6N6O2S/c5-2(11)8-9-3(12)7-4-10-6-1-13-4/h1H,(H3,5,8,11)(H2,7,9,10,12). The number of aromatic nitrogens is 2. The van der Waals surface area contributed by atoms with Crippen molar-refractivity contribution in [3.8, 4) is 0 Å². The summed E-state index contributed by atoms with van der Waals surface area (Å²) in [6.07, 6.45) is 0. The van der Waals surface area contributed by atoms with Gasteiger partial charge in [-0.15, -0.1) is 10.2 Å². The first-order chi connectivity index (χ1) is 6.18. The molecule has 0 aliphatic carbocycles. The molecule has 0 atom stereocenters. The van der Waals surface area contributed by atoms with Crippen molar-refractivity contribution in [2.45, 2.75) is 0 Å². The summed E-state index contributed by atoms with van der Waals surface area (Å²) in [6, 6.07) is -1.50. The molecule has 13 heavy (non-hydrogen) atoms. The number of rotatable bonds is 1. The maximum atomic E-state index is 10.9. The van der Waals surface area contributed by atoms with E-state index in [1.807, 2.05) is 10.9 Å². The number of carbonyl (C=O) groups excluding carboxylic acids is 2. The number of nitrogens with one attached hydrogen (secondary N) is 3. The number of hydrazine groups is 1. The van der Waals surface area contributed by atoms with Crippen LogP contribution < -0.4 is 21.9 Å². The van der Waals surface area contributed by atoms with Crippen LogP contribution in [0.3, 0.4) is 0 Å². The van der Waals surface area contributed by atoms with Gasteiger partial charge in [0.25, 0.3) is 0 Å². The molecular formula is C4H6N6O2S. The van der Waals surface area contributed by atoms with Gasteiger partial charge in [-0.1, -0.05) is 11.3 Å². The Bertz CT molecular complexity index is 298. The lowest BCUT2D eigenvalue weighted by Gasteiger charge is -2.03. The van der Waals surface area contributed by atoms with Crippen molar-refractivity contribution < 1.29 is 9.59 Å². The van der Waals surface area contributed by atoms with Crippen LogP contribution in [0.15, 0.2) is 5.51 Å². The number of nitrogens with zero attached hydrogens (tertiary/aromatic N) is 2. The van der Waals surface area contributed by atoms with E-state index >= 15 is 0 Å². The van der Waals surface area contributed by atoms with Gasteiger partial charge in [0.1, 0.15) is 5.51 Å². The van der Waals surface area contributed by atoms with Crippen LogP contribution in [0.25, 0.3) is 0 Å². The topological polar surface area (TPSA) is 122 Å². The Balaban J connectivity index is 2.30. The minimum absolute atomic E-state index is 0.323. The van der Waals surface area contributed by atoms with Crippen LogP contribution in [0.5, 0.6) is 0 Å². The molecule has 4 amide bonds. The number of carbonyl (C=O) groups is 2. The molecule has 1 aromatic heterocycles. The molecule has 0 aromatic carbocycles. The number of amides is 4. The fourth-order valence-corrected chi connectivity index (χ4v) is 0.914. The van der Waals surface area contributed by atoms with E-state index in [0.29, 0.717) is 5.13 Å². The normalized spacial score (nSPS) is 8.92. The van der Waals surface area contributed by atoms with Crippen molar-refractivity contribution >= 4 is 28.5 Å². The lowest BCUT2D eigenvalue weighted by molar-refractivity contribution is 0.235. The summed E-state index contributed by atoms with van der Waals surface area (Å²) in [5.74, 6) is 0. The third-order valence-corrected chi connectivity index (χ3v) is 1.49. The zero-order valence-electron chi connectivity index (χ0n) is 6.27. The SMILES string of the molecule is NC(=O)NNC(=O)Nc1nncs1. The molecule has 0 unspecified atom stereocenters. The minimum atomic E-state index is -0.854. The number of urea groups is 2. The highest BCUT2D eigenvalue weighted by atomic mass is 32.1. The van der Waals surface area contributed by atoms with Crippen molar-refractivity contribution in [2.75, 3.05) is 5.32 Å². The van der Waals surface area contributed by atoms with Crippen LogP contribution in [-0.2, 0) is 0 Å². The van der Waals surface area contributed by atoms with Crippen molar-refractivity contribution in [1.29, 1.82) is 0 Å². The first-order valence-electron chi connectivity index (χ1n) is 3.07. The number of primary amides is 1. The lowest BCUT2D eigenvalue weighted by atomic mass is 10.9. The zero-order chi connectivity index (χ0) is 9.68. The highest BCUT2D eigenvalue weighted by molar-refractivity contribution is 7.13. The van der Waals surface area contributed by atoms with Crippen LogP contribution in [0.4, 0.5) is 14.7 Å².